The molecule has 7 heteroatoms. The zero-order valence-corrected chi connectivity index (χ0v) is 18.6. The number of sulfonamides is 1. The number of hydrogen-bond acceptors (Lipinski definition) is 4. The van der Waals surface area contributed by atoms with Crippen LogP contribution in [0.5, 0.6) is 5.75 Å². The van der Waals surface area contributed by atoms with Crippen LogP contribution in [0.15, 0.2) is 59.5 Å². The van der Waals surface area contributed by atoms with Gasteiger partial charge in [0.1, 0.15) is 5.75 Å². The van der Waals surface area contributed by atoms with Crippen LogP contribution in [-0.4, -0.2) is 39.8 Å². The van der Waals surface area contributed by atoms with Gasteiger partial charge in [-0.2, -0.15) is 0 Å². The molecule has 158 valence electrons. The van der Waals surface area contributed by atoms with Crippen molar-refractivity contribution in [1.29, 1.82) is 0 Å². The summed E-state index contributed by atoms with van der Waals surface area (Å²) in [6.07, 6.45) is 0. The molecule has 0 radical (unpaired) electrons. The third-order valence-corrected chi connectivity index (χ3v) is 7.02. The molecule has 0 bridgehead atoms. The van der Waals surface area contributed by atoms with Gasteiger partial charge in [0.2, 0.25) is 15.9 Å². The van der Waals surface area contributed by atoms with E-state index in [-0.39, 0.29) is 10.8 Å². The number of methoxy groups -OCH3 is 1. The molecule has 3 rings (SSSR count). The largest absolute Gasteiger partial charge is 0.497 e. The highest BCUT2D eigenvalue weighted by atomic mass is 32.2. The summed E-state index contributed by atoms with van der Waals surface area (Å²) in [6, 6.07) is 16.4. The minimum absolute atomic E-state index is 0.140. The zero-order valence-electron chi connectivity index (χ0n) is 17.8. The number of ether oxygens (including phenoxy) is 1. The summed E-state index contributed by atoms with van der Waals surface area (Å²) >= 11 is 0. The Morgan fingerprint density at radius 1 is 1.00 bits per heavy atom. The minimum Gasteiger partial charge on any atom is -0.497 e. The van der Waals surface area contributed by atoms with Gasteiger partial charge in [-0.05, 0) is 60.0 Å². The van der Waals surface area contributed by atoms with E-state index in [0.717, 1.165) is 32.0 Å². The van der Waals surface area contributed by atoms with Gasteiger partial charge in [-0.25, -0.2) is 12.7 Å². The first-order valence-corrected chi connectivity index (χ1v) is 11.0. The van der Waals surface area contributed by atoms with Gasteiger partial charge in [-0.3, -0.25) is 4.79 Å². The predicted octanol–water partition coefficient (Wildman–Crippen LogP) is 4.15. The number of hydrogen-bond donors (Lipinski definition) is 1. The maximum Gasteiger partial charge on any atom is 0.242 e. The number of fused-ring (bicyclic) bond motifs is 1. The van der Waals surface area contributed by atoms with Crippen LogP contribution in [0.2, 0.25) is 0 Å². The van der Waals surface area contributed by atoms with Gasteiger partial charge in [0.15, 0.2) is 0 Å². The van der Waals surface area contributed by atoms with Crippen molar-refractivity contribution in [1.82, 2.24) is 4.31 Å². The molecule has 3 aromatic rings. The highest BCUT2D eigenvalue weighted by Gasteiger charge is 2.21. The predicted molar refractivity (Wildman–Crippen MR) is 120 cm³/mol. The normalized spacial score (nSPS) is 12.7. The van der Waals surface area contributed by atoms with Crippen molar-refractivity contribution in [3.8, 4) is 5.75 Å². The Kier molecular flexibility index (Phi) is 6.14. The molecule has 0 aliphatic heterocycles. The molecule has 1 amide bonds. The Morgan fingerprint density at radius 2 is 1.67 bits per heavy atom. The van der Waals surface area contributed by atoms with E-state index in [1.54, 1.807) is 19.2 Å². The molecule has 0 aromatic heterocycles. The molecular formula is C23H26N2O4S. The van der Waals surface area contributed by atoms with E-state index in [1.807, 2.05) is 50.2 Å². The minimum atomic E-state index is -3.58. The Morgan fingerprint density at radius 3 is 2.33 bits per heavy atom. The van der Waals surface area contributed by atoms with E-state index in [4.69, 9.17) is 4.74 Å². The van der Waals surface area contributed by atoms with Gasteiger partial charge in [0.25, 0.3) is 0 Å². The fraction of sp³-hybridized carbons (Fsp3) is 0.261. The highest BCUT2D eigenvalue weighted by Crippen LogP contribution is 2.27. The third-order valence-electron chi connectivity index (χ3n) is 5.21. The summed E-state index contributed by atoms with van der Waals surface area (Å²) in [7, 11) is 0.999. The fourth-order valence-corrected chi connectivity index (χ4v) is 4.07. The second-order valence-corrected chi connectivity index (χ2v) is 9.60. The van der Waals surface area contributed by atoms with Crippen molar-refractivity contribution in [2.45, 2.75) is 24.7 Å². The van der Waals surface area contributed by atoms with Crippen LogP contribution in [0.1, 0.15) is 24.0 Å². The topological polar surface area (TPSA) is 75.7 Å². The molecule has 0 spiro atoms. The smallest absolute Gasteiger partial charge is 0.242 e. The lowest BCUT2D eigenvalue weighted by Crippen LogP contribution is -2.23. The van der Waals surface area contributed by atoms with Gasteiger partial charge in [-0.1, -0.05) is 30.3 Å². The van der Waals surface area contributed by atoms with E-state index in [1.165, 1.54) is 20.2 Å². The summed E-state index contributed by atoms with van der Waals surface area (Å²) in [4.78, 5) is 13.0. The number of nitrogens with zero attached hydrogens (tertiary/aromatic N) is 1. The first kappa shape index (κ1) is 21.8. The summed E-state index contributed by atoms with van der Waals surface area (Å²) in [5.41, 5.74) is 2.15. The maximum absolute atomic E-state index is 12.9. The molecular weight excluding hydrogens is 400 g/mol. The monoisotopic (exact) mass is 426 g/mol. The lowest BCUT2D eigenvalue weighted by Gasteiger charge is -2.17. The van der Waals surface area contributed by atoms with E-state index in [9.17, 15) is 13.2 Å². The highest BCUT2D eigenvalue weighted by molar-refractivity contribution is 7.89. The van der Waals surface area contributed by atoms with Crippen LogP contribution in [0, 0.1) is 6.92 Å². The molecule has 0 heterocycles. The first-order valence-electron chi connectivity index (χ1n) is 9.55. The molecule has 0 saturated heterocycles. The van der Waals surface area contributed by atoms with Crippen molar-refractivity contribution in [3.05, 3.63) is 65.7 Å². The van der Waals surface area contributed by atoms with Crippen LogP contribution >= 0.6 is 0 Å². The van der Waals surface area contributed by atoms with Crippen LogP contribution in [0.4, 0.5) is 5.69 Å². The molecule has 1 N–H and O–H groups in total. The lowest BCUT2D eigenvalue weighted by molar-refractivity contribution is -0.117. The molecule has 0 saturated carbocycles. The number of carbonyl (C=O) groups excluding carboxylic acids is 1. The number of carbonyl (C=O) groups is 1. The van der Waals surface area contributed by atoms with Crippen LogP contribution < -0.4 is 10.1 Å². The van der Waals surface area contributed by atoms with Crippen molar-refractivity contribution in [2.75, 3.05) is 26.5 Å². The average molecular weight is 427 g/mol. The first-order chi connectivity index (χ1) is 14.1. The number of anilines is 1. The van der Waals surface area contributed by atoms with E-state index in [0.29, 0.717) is 5.69 Å². The van der Waals surface area contributed by atoms with Crippen LogP contribution in [-0.2, 0) is 14.8 Å². The molecule has 0 aliphatic rings. The van der Waals surface area contributed by atoms with Crippen LogP contribution in [0.3, 0.4) is 0 Å². The summed E-state index contributed by atoms with van der Waals surface area (Å²) in [6.45, 7) is 3.66. The number of benzene rings is 3. The quantitative estimate of drug-likeness (QED) is 0.642. The average Bonchev–Trinajstić information content (AvgIpc) is 2.73. The summed E-state index contributed by atoms with van der Waals surface area (Å²) in [5, 5.41) is 4.93. The number of aryl methyl sites for hydroxylation is 1. The molecule has 0 unspecified atom stereocenters. The number of rotatable bonds is 6. The standard InChI is InChI=1S/C23H26N2O4S/c1-15-6-11-21(30(27,28)25(3)4)14-22(15)24-23(26)16(2)17-7-8-19-13-20(29-5)10-9-18(19)12-17/h6-14,16H,1-5H3,(H,24,26)/t16-/m0/s1. The molecule has 30 heavy (non-hydrogen) atoms. The zero-order chi connectivity index (χ0) is 22.1. The van der Waals surface area contributed by atoms with E-state index in [2.05, 4.69) is 5.32 Å². The Hall–Kier alpha value is -2.90. The van der Waals surface area contributed by atoms with Crippen molar-refractivity contribution < 1.29 is 17.9 Å². The maximum atomic E-state index is 12.9. The van der Waals surface area contributed by atoms with Gasteiger partial charge in [0.05, 0.1) is 17.9 Å². The Labute approximate surface area is 177 Å². The van der Waals surface area contributed by atoms with Gasteiger partial charge in [-0.15, -0.1) is 0 Å². The molecule has 0 fully saturated rings. The summed E-state index contributed by atoms with van der Waals surface area (Å²) < 4.78 is 31.2. The van der Waals surface area contributed by atoms with Gasteiger partial charge >= 0.3 is 0 Å². The van der Waals surface area contributed by atoms with E-state index < -0.39 is 15.9 Å². The van der Waals surface area contributed by atoms with Crippen LogP contribution in [0.25, 0.3) is 10.8 Å². The molecule has 3 aromatic carbocycles. The SMILES string of the molecule is COc1ccc2cc([C@H](C)C(=O)Nc3cc(S(=O)(=O)N(C)C)ccc3C)ccc2c1. The summed E-state index contributed by atoms with van der Waals surface area (Å²) in [5.74, 6) is 0.166. The van der Waals surface area contributed by atoms with Crippen molar-refractivity contribution in [2.24, 2.45) is 0 Å². The van der Waals surface area contributed by atoms with Crippen molar-refractivity contribution in [3.63, 3.8) is 0 Å². The molecule has 0 aliphatic carbocycles. The van der Waals surface area contributed by atoms with Gasteiger partial charge < -0.3 is 10.1 Å². The van der Waals surface area contributed by atoms with Crippen molar-refractivity contribution >= 4 is 32.4 Å². The van der Waals surface area contributed by atoms with Gasteiger partial charge in [0, 0.05) is 19.8 Å². The second kappa shape index (κ2) is 8.45. The Bertz CT molecular complexity index is 1200. The van der Waals surface area contributed by atoms with E-state index >= 15 is 0 Å². The molecule has 6 nitrogen and oxygen atoms in total. The number of nitrogens with one attached hydrogen (secondary N) is 1. The fourth-order valence-electron chi connectivity index (χ4n) is 3.14. The molecule has 1 atom stereocenters. The third kappa shape index (κ3) is 4.32. The second-order valence-electron chi connectivity index (χ2n) is 7.45. The number of amides is 1. The lowest BCUT2D eigenvalue weighted by atomic mass is 9.96. The Balaban J connectivity index is 1.86.